The van der Waals surface area contributed by atoms with Crippen molar-refractivity contribution in [2.24, 2.45) is 0 Å². The van der Waals surface area contributed by atoms with E-state index >= 15 is 0 Å². The Morgan fingerprint density at radius 2 is 2.15 bits per heavy atom. The molecule has 0 aliphatic rings. The minimum absolute atomic E-state index is 0.0968. The van der Waals surface area contributed by atoms with Gasteiger partial charge in [-0.3, -0.25) is 9.09 Å². The molecule has 0 radical (unpaired) electrons. The predicted molar refractivity (Wildman–Crippen MR) is 89.0 cm³/mol. The molecule has 0 aromatic carbocycles. The lowest BCUT2D eigenvalue weighted by atomic mass is 10.5. The molecule has 0 aliphatic carbocycles. The molecular weight excluding hydrogens is 369 g/mol. The SMILES string of the molecule is CC(C)OC(=O)OCOP(=O)(O)COCCn1cnc2c(N)ncnc21. The van der Waals surface area contributed by atoms with Crippen LogP contribution in [0, 0.1) is 0 Å². The molecule has 26 heavy (non-hydrogen) atoms. The highest BCUT2D eigenvalue weighted by molar-refractivity contribution is 7.52. The Balaban J connectivity index is 1.72. The first-order valence-electron chi connectivity index (χ1n) is 7.57. The molecule has 0 bridgehead atoms. The van der Waals surface area contributed by atoms with Crippen LogP contribution in [-0.2, 0) is 29.8 Å². The Labute approximate surface area is 148 Å². The molecule has 0 aliphatic heterocycles. The van der Waals surface area contributed by atoms with Crippen LogP contribution in [0.1, 0.15) is 13.8 Å². The highest BCUT2D eigenvalue weighted by Crippen LogP contribution is 2.41. The molecule has 0 saturated heterocycles. The van der Waals surface area contributed by atoms with Crippen molar-refractivity contribution in [3.8, 4) is 0 Å². The van der Waals surface area contributed by atoms with E-state index in [0.717, 1.165) is 0 Å². The largest absolute Gasteiger partial charge is 0.510 e. The molecule has 3 N–H and O–H groups in total. The van der Waals surface area contributed by atoms with Crippen molar-refractivity contribution in [3.63, 3.8) is 0 Å². The van der Waals surface area contributed by atoms with Gasteiger partial charge in [0, 0.05) is 6.54 Å². The molecule has 1 unspecified atom stereocenters. The van der Waals surface area contributed by atoms with E-state index < -0.39 is 26.9 Å². The smallest absolute Gasteiger partial charge is 0.432 e. The second-order valence-electron chi connectivity index (χ2n) is 5.35. The second-order valence-corrected chi connectivity index (χ2v) is 7.14. The van der Waals surface area contributed by atoms with Crippen molar-refractivity contribution in [3.05, 3.63) is 12.7 Å². The number of anilines is 1. The number of ether oxygens (including phenoxy) is 3. The number of fused-ring (bicyclic) bond motifs is 1. The molecule has 0 spiro atoms. The Hall–Kier alpha value is -2.27. The summed E-state index contributed by atoms with van der Waals surface area (Å²) >= 11 is 0. The fourth-order valence-corrected chi connectivity index (χ4v) is 2.48. The van der Waals surface area contributed by atoms with E-state index in [1.807, 2.05) is 0 Å². The van der Waals surface area contributed by atoms with Crippen molar-refractivity contribution in [1.82, 2.24) is 19.5 Å². The highest BCUT2D eigenvalue weighted by Gasteiger charge is 2.21. The molecule has 2 aromatic rings. The number of carbonyl (C=O) groups is 1. The average molecular weight is 389 g/mol. The first kappa shape index (κ1) is 20.0. The number of rotatable bonds is 9. The van der Waals surface area contributed by atoms with Gasteiger partial charge in [0.2, 0.25) is 6.79 Å². The van der Waals surface area contributed by atoms with Gasteiger partial charge in [-0.25, -0.2) is 19.7 Å². The molecule has 0 fully saturated rings. The Morgan fingerprint density at radius 3 is 2.88 bits per heavy atom. The summed E-state index contributed by atoms with van der Waals surface area (Å²) in [6, 6.07) is 0. The van der Waals surface area contributed by atoms with Gasteiger partial charge in [0.15, 0.2) is 11.5 Å². The summed E-state index contributed by atoms with van der Waals surface area (Å²) in [5, 5.41) is 0. The van der Waals surface area contributed by atoms with Crippen LogP contribution in [0.3, 0.4) is 0 Å². The number of imidazole rings is 1. The summed E-state index contributed by atoms with van der Waals surface area (Å²) in [5.74, 6) is 0.263. The number of hydrogen-bond acceptors (Lipinski definition) is 10. The van der Waals surface area contributed by atoms with Crippen LogP contribution in [-0.4, -0.2) is 56.4 Å². The number of nitrogens with zero attached hydrogens (tertiary/aromatic N) is 4. The molecule has 0 saturated carbocycles. The monoisotopic (exact) mass is 389 g/mol. The topological polar surface area (TPSA) is 161 Å². The van der Waals surface area contributed by atoms with Crippen LogP contribution < -0.4 is 5.73 Å². The quantitative estimate of drug-likeness (QED) is 0.273. The van der Waals surface area contributed by atoms with Crippen LogP contribution in [0.25, 0.3) is 11.2 Å². The summed E-state index contributed by atoms with van der Waals surface area (Å²) in [5.41, 5.74) is 6.68. The van der Waals surface area contributed by atoms with E-state index in [1.165, 1.54) is 12.7 Å². The van der Waals surface area contributed by atoms with Gasteiger partial charge < -0.3 is 29.4 Å². The molecule has 12 nitrogen and oxygen atoms in total. The van der Waals surface area contributed by atoms with Gasteiger partial charge in [0.25, 0.3) is 0 Å². The lowest BCUT2D eigenvalue weighted by Gasteiger charge is -2.13. The van der Waals surface area contributed by atoms with E-state index in [-0.39, 0.29) is 18.5 Å². The molecule has 13 heteroatoms. The Kier molecular flexibility index (Phi) is 6.86. The van der Waals surface area contributed by atoms with Gasteiger partial charge in [0.1, 0.15) is 18.2 Å². The third-order valence-corrected chi connectivity index (χ3v) is 3.94. The molecular formula is C13H20N5O7P. The maximum Gasteiger partial charge on any atom is 0.510 e. The van der Waals surface area contributed by atoms with Gasteiger partial charge in [0.05, 0.1) is 19.0 Å². The molecule has 0 amide bonds. The van der Waals surface area contributed by atoms with Crippen molar-refractivity contribution < 1.29 is 33.0 Å². The van der Waals surface area contributed by atoms with Crippen LogP contribution in [0.4, 0.5) is 10.6 Å². The van der Waals surface area contributed by atoms with Crippen LogP contribution in [0.15, 0.2) is 12.7 Å². The maximum absolute atomic E-state index is 11.8. The summed E-state index contributed by atoms with van der Waals surface area (Å²) in [6.07, 6.45) is 0.902. The lowest BCUT2D eigenvalue weighted by molar-refractivity contribution is -0.0133. The van der Waals surface area contributed by atoms with Crippen LogP contribution in [0.2, 0.25) is 0 Å². The zero-order chi connectivity index (χ0) is 19.2. The third-order valence-electron chi connectivity index (χ3n) is 2.92. The summed E-state index contributed by atoms with van der Waals surface area (Å²) in [6.45, 7) is 2.97. The van der Waals surface area contributed by atoms with Crippen molar-refractivity contribution in [2.75, 3.05) is 25.5 Å². The Morgan fingerprint density at radius 1 is 1.38 bits per heavy atom. The van der Waals surface area contributed by atoms with E-state index in [1.54, 1.807) is 18.4 Å². The molecule has 2 rings (SSSR count). The van der Waals surface area contributed by atoms with E-state index in [2.05, 4.69) is 28.9 Å². The zero-order valence-corrected chi connectivity index (χ0v) is 15.2. The zero-order valence-electron chi connectivity index (χ0n) is 14.3. The number of hydrogen-bond donors (Lipinski definition) is 2. The van der Waals surface area contributed by atoms with Crippen LogP contribution in [0.5, 0.6) is 0 Å². The fraction of sp³-hybridized carbons (Fsp3) is 0.538. The minimum atomic E-state index is -4.07. The summed E-state index contributed by atoms with van der Waals surface area (Å²) in [4.78, 5) is 32.7. The lowest BCUT2D eigenvalue weighted by Crippen LogP contribution is -2.15. The molecule has 2 aromatic heterocycles. The minimum Gasteiger partial charge on any atom is -0.432 e. The van der Waals surface area contributed by atoms with Crippen molar-refractivity contribution >= 4 is 30.7 Å². The Bertz CT molecular complexity index is 796. The van der Waals surface area contributed by atoms with Crippen molar-refractivity contribution in [1.29, 1.82) is 0 Å². The summed E-state index contributed by atoms with van der Waals surface area (Å²) < 4.78 is 32.4. The first-order chi connectivity index (χ1) is 12.3. The number of aromatic nitrogens is 4. The van der Waals surface area contributed by atoms with Gasteiger partial charge >= 0.3 is 13.8 Å². The summed E-state index contributed by atoms with van der Waals surface area (Å²) in [7, 11) is -4.07. The van der Waals surface area contributed by atoms with Gasteiger partial charge in [-0.05, 0) is 13.8 Å². The number of carbonyl (C=O) groups excluding carboxylic acids is 1. The normalized spacial score (nSPS) is 13.7. The molecule has 1 atom stereocenters. The molecule has 2 heterocycles. The predicted octanol–water partition coefficient (Wildman–Crippen LogP) is 1.10. The van der Waals surface area contributed by atoms with E-state index in [0.29, 0.717) is 17.7 Å². The number of nitrogens with two attached hydrogens (primary N) is 1. The van der Waals surface area contributed by atoms with E-state index in [9.17, 15) is 14.3 Å². The molecule has 144 valence electrons. The number of nitrogen functional groups attached to an aromatic ring is 1. The van der Waals surface area contributed by atoms with Crippen molar-refractivity contribution in [2.45, 2.75) is 26.5 Å². The third kappa shape index (κ3) is 5.92. The standard InChI is InChI=1S/C13H20N5O7P/c1-9(2)25-13(19)23-7-24-26(20,21)8-22-4-3-18-6-17-10-11(14)15-5-16-12(10)18/h5-6,9H,3-4,7-8H2,1-2H3,(H,20,21)(H2,14,15,16). The van der Waals surface area contributed by atoms with Gasteiger partial charge in [-0.1, -0.05) is 0 Å². The maximum atomic E-state index is 11.8. The fourth-order valence-electron chi connectivity index (χ4n) is 1.83. The first-order valence-corrected chi connectivity index (χ1v) is 9.33. The second kappa shape index (κ2) is 8.90. The van der Waals surface area contributed by atoms with Crippen LogP contribution >= 0.6 is 7.60 Å². The average Bonchev–Trinajstić information content (AvgIpc) is 2.95. The highest BCUT2D eigenvalue weighted by atomic mass is 31.2. The van der Waals surface area contributed by atoms with E-state index in [4.69, 9.17) is 10.5 Å². The van der Waals surface area contributed by atoms with Gasteiger partial charge in [-0.2, -0.15) is 0 Å². The van der Waals surface area contributed by atoms with Gasteiger partial charge in [-0.15, -0.1) is 0 Å².